The number of hydrogen-bond donors (Lipinski definition) is 3. The molecule has 0 atom stereocenters. The zero-order chi connectivity index (χ0) is 23.6. The number of alkyl halides is 2. The Labute approximate surface area is 190 Å². The number of nitrogens with zero attached hydrogens (tertiary/aromatic N) is 4. The SMILES string of the molecule is CCC(CC)NC(=O)Cn1cc(Nc2nccc(NCc3cccc(OC(F)F)c3)n2)cn1. The fraction of sp³-hybridized carbons (Fsp3) is 0.364. The smallest absolute Gasteiger partial charge is 0.387 e. The second-order valence-electron chi connectivity index (χ2n) is 7.28. The first-order chi connectivity index (χ1) is 15.9. The number of anilines is 3. The van der Waals surface area contributed by atoms with Gasteiger partial charge in [0.15, 0.2) is 0 Å². The molecule has 1 aromatic carbocycles. The molecule has 0 bridgehead atoms. The summed E-state index contributed by atoms with van der Waals surface area (Å²) in [5.41, 5.74) is 1.40. The van der Waals surface area contributed by atoms with Crippen LogP contribution in [0.15, 0.2) is 48.9 Å². The van der Waals surface area contributed by atoms with E-state index in [9.17, 15) is 13.6 Å². The van der Waals surface area contributed by atoms with Crippen molar-refractivity contribution in [2.24, 2.45) is 0 Å². The molecule has 3 rings (SSSR count). The molecular formula is C22H27F2N7O2. The van der Waals surface area contributed by atoms with E-state index in [0.717, 1.165) is 18.4 Å². The lowest BCUT2D eigenvalue weighted by molar-refractivity contribution is -0.122. The highest BCUT2D eigenvalue weighted by Crippen LogP contribution is 2.18. The summed E-state index contributed by atoms with van der Waals surface area (Å²) in [7, 11) is 0. The predicted molar refractivity (Wildman–Crippen MR) is 120 cm³/mol. The van der Waals surface area contributed by atoms with Crippen LogP contribution in [0, 0.1) is 0 Å². The molecule has 0 fully saturated rings. The van der Waals surface area contributed by atoms with Gasteiger partial charge >= 0.3 is 6.61 Å². The molecule has 0 unspecified atom stereocenters. The molecule has 9 nitrogen and oxygen atoms in total. The summed E-state index contributed by atoms with van der Waals surface area (Å²) in [5, 5.41) is 13.3. The average Bonchev–Trinajstić information content (AvgIpc) is 3.22. The van der Waals surface area contributed by atoms with Crippen molar-refractivity contribution in [2.45, 2.75) is 52.4 Å². The molecule has 0 aliphatic rings. The Morgan fingerprint density at radius 1 is 1.21 bits per heavy atom. The van der Waals surface area contributed by atoms with Gasteiger partial charge < -0.3 is 20.7 Å². The molecule has 0 aliphatic heterocycles. The fourth-order valence-corrected chi connectivity index (χ4v) is 3.10. The van der Waals surface area contributed by atoms with Gasteiger partial charge in [0.2, 0.25) is 11.9 Å². The summed E-state index contributed by atoms with van der Waals surface area (Å²) < 4.78 is 30.7. The molecule has 176 valence electrons. The Balaban J connectivity index is 1.55. The summed E-state index contributed by atoms with van der Waals surface area (Å²) in [4.78, 5) is 20.7. The van der Waals surface area contributed by atoms with Crippen molar-refractivity contribution in [2.75, 3.05) is 10.6 Å². The van der Waals surface area contributed by atoms with Gasteiger partial charge in [-0.2, -0.15) is 18.9 Å². The van der Waals surface area contributed by atoms with E-state index < -0.39 is 6.61 Å². The Hall–Kier alpha value is -3.76. The summed E-state index contributed by atoms with van der Waals surface area (Å²) >= 11 is 0. The van der Waals surface area contributed by atoms with Crippen LogP contribution in [0.5, 0.6) is 5.75 Å². The maximum Gasteiger partial charge on any atom is 0.387 e. The highest BCUT2D eigenvalue weighted by Gasteiger charge is 2.10. The molecule has 0 saturated heterocycles. The molecule has 3 aromatic rings. The zero-order valence-electron chi connectivity index (χ0n) is 18.5. The molecule has 1 amide bonds. The van der Waals surface area contributed by atoms with E-state index in [1.807, 2.05) is 13.8 Å². The van der Waals surface area contributed by atoms with Crippen molar-refractivity contribution in [1.82, 2.24) is 25.1 Å². The van der Waals surface area contributed by atoms with E-state index in [4.69, 9.17) is 0 Å². The Bertz CT molecular complexity index is 1040. The summed E-state index contributed by atoms with van der Waals surface area (Å²) in [6.07, 6.45) is 6.63. The van der Waals surface area contributed by atoms with Gasteiger partial charge in [-0.3, -0.25) is 9.48 Å². The van der Waals surface area contributed by atoms with Gasteiger partial charge in [0.05, 0.1) is 11.9 Å². The van der Waals surface area contributed by atoms with E-state index in [1.165, 1.54) is 16.8 Å². The third-order valence-electron chi connectivity index (χ3n) is 4.80. The van der Waals surface area contributed by atoms with Crippen LogP contribution in [0.3, 0.4) is 0 Å². The van der Waals surface area contributed by atoms with Gasteiger partial charge in [-0.1, -0.05) is 26.0 Å². The lowest BCUT2D eigenvalue weighted by atomic mass is 10.2. The number of rotatable bonds is 12. The Morgan fingerprint density at radius 2 is 2.03 bits per heavy atom. The lowest BCUT2D eigenvalue weighted by Crippen LogP contribution is -2.36. The van der Waals surface area contributed by atoms with Crippen LogP contribution < -0.4 is 20.7 Å². The normalized spacial score (nSPS) is 11.0. The van der Waals surface area contributed by atoms with Gasteiger partial charge in [-0.15, -0.1) is 0 Å². The minimum absolute atomic E-state index is 0.0937. The summed E-state index contributed by atoms with van der Waals surface area (Å²) in [5.74, 6) is 0.893. The topological polar surface area (TPSA) is 106 Å². The standard InChI is InChI=1S/C22H27F2N7O2/c1-3-16(4-2)28-20(32)14-31-13-17(12-27-31)29-22-25-9-8-19(30-22)26-11-15-6-5-7-18(10-15)33-21(23)24/h5-10,12-13,16,21H,3-4,11,14H2,1-2H3,(H,28,32)(H2,25,26,29,30). The first-order valence-electron chi connectivity index (χ1n) is 10.6. The number of amides is 1. The maximum atomic E-state index is 12.4. The second kappa shape index (κ2) is 11.7. The van der Waals surface area contributed by atoms with Crippen molar-refractivity contribution in [3.8, 4) is 5.75 Å². The maximum absolute atomic E-state index is 12.4. The largest absolute Gasteiger partial charge is 0.435 e. The fourth-order valence-electron chi connectivity index (χ4n) is 3.10. The van der Waals surface area contributed by atoms with E-state index in [0.29, 0.717) is 24.0 Å². The second-order valence-corrected chi connectivity index (χ2v) is 7.28. The number of hydrogen-bond acceptors (Lipinski definition) is 7. The van der Waals surface area contributed by atoms with Gasteiger partial charge in [-0.05, 0) is 36.6 Å². The lowest BCUT2D eigenvalue weighted by Gasteiger charge is -2.14. The van der Waals surface area contributed by atoms with E-state index in [1.54, 1.807) is 36.8 Å². The van der Waals surface area contributed by atoms with Crippen LogP contribution in [0.4, 0.5) is 26.2 Å². The monoisotopic (exact) mass is 459 g/mol. The van der Waals surface area contributed by atoms with Crippen LogP contribution in [-0.2, 0) is 17.9 Å². The average molecular weight is 460 g/mol. The summed E-state index contributed by atoms with van der Waals surface area (Å²) in [6.45, 7) is 1.68. The molecule has 11 heteroatoms. The first-order valence-corrected chi connectivity index (χ1v) is 10.6. The Morgan fingerprint density at radius 3 is 2.79 bits per heavy atom. The number of aromatic nitrogens is 4. The number of carbonyl (C=O) groups excluding carboxylic acids is 1. The molecule has 0 aliphatic carbocycles. The number of halogens is 2. The molecule has 3 N–H and O–H groups in total. The molecule has 2 aromatic heterocycles. The van der Waals surface area contributed by atoms with Crippen LogP contribution in [-0.4, -0.2) is 38.3 Å². The van der Waals surface area contributed by atoms with E-state index in [-0.39, 0.29) is 24.2 Å². The number of nitrogens with one attached hydrogen (secondary N) is 3. The summed E-state index contributed by atoms with van der Waals surface area (Å²) in [6, 6.07) is 8.29. The number of benzene rings is 1. The quantitative estimate of drug-likeness (QED) is 0.377. The van der Waals surface area contributed by atoms with Crippen LogP contribution >= 0.6 is 0 Å². The third-order valence-corrected chi connectivity index (χ3v) is 4.80. The van der Waals surface area contributed by atoms with Crippen molar-refractivity contribution < 1.29 is 18.3 Å². The minimum atomic E-state index is -2.87. The van der Waals surface area contributed by atoms with E-state index >= 15 is 0 Å². The molecule has 0 radical (unpaired) electrons. The molecule has 0 spiro atoms. The predicted octanol–water partition coefficient (Wildman–Crippen LogP) is 3.94. The molecule has 0 saturated carbocycles. The zero-order valence-corrected chi connectivity index (χ0v) is 18.5. The first kappa shape index (κ1) is 23.9. The molecule has 33 heavy (non-hydrogen) atoms. The van der Waals surface area contributed by atoms with Crippen molar-refractivity contribution in [3.05, 3.63) is 54.5 Å². The van der Waals surface area contributed by atoms with Gasteiger partial charge in [-0.25, -0.2) is 4.98 Å². The van der Waals surface area contributed by atoms with Gasteiger partial charge in [0.25, 0.3) is 0 Å². The van der Waals surface area contributed by atoms with Crippen molar-refractivity contribution >= 4 is 23.4 Å². The van der Waals surface area contributed by atoms with Crippen LogP contribution in [0.25, 0.3) is 0 Å². The molecular weight excluding hydrogens is 432 g/mol. The molecule has 2 heterocycles. The van der Waals surface area contributed by atoms with Gasteiger partial charge in [0.1, 0.15) is 18.1 Å². The highest BCUT2D eigenvalue weighted by molar-refractivity contribution is 5.76. The Kier molecular flexibility index (Phi) is 8.50. The van der Waals surface area contributed by atoms with Gasteiger partial charge in [0, 0.05) is 25.0 Å². The van der Waals surface area contributed by atoms with Crippen molar-refractivity contribution in [3.63, 3.8) is 0 Å². The third kappa shape index (κ3) is 7.70. The van der Waals surface area contributed by atoms with Crippen LogP contribution in [0.2, 0.25) is 0 Å². The number of ether oxygens (including phenoxy) is 1. The number of carbonyl (C=O) groups is 1. The van der Waals surface area contributed by atoms with Crippen molar-refractivity contribution in [1.29, 1.82) is 0 Å². The minimum Gasteiger partial charge on any atom is -0.435 e. The van der Waals surface area contributed by atoms with Crippen LogP contribution in [0.1, 0.15) is 32.3 Å². The highest BCUT2D eigenvalue weighted by atomic mass is 19.3. The van der Waals surface area contributed by atoms with E-state index in [2.05, 4.69) is 35.8 Å².